The van der Waals surface area contributed by atoms with Gasteiger partial charge in [-0.15, -0.1) is 0 Å². The third kappa shape index (κ3) is 4.80. The summed E-state index contributed by atoms with van der Waals surface area (Å²) in [6, 6.07) is 18.6. The summed E-state index contributed by atoms with van der Waals surface area (Å²) in [5, 5.41) is 3.43. The summed E-state index contributed by atoms with van der Waals surface area (Å²) in [6.07, 6.45) is 0. The van der Waals surface area contributed by atoms with E-state index in [2.05, 4.69) is 34.2 Å². The molecule has 0 aliphatic rings. The molecule has 0 amide bonds. The number of nitrogens with one attached hydrogen (secondary N) is 1. The van der Waals surface area contributed by atoms with E-state index in [0.29, 0.717) is 23.6 Å². The fourth-order valence-corrected chi connectivity index (χ4v) is 3.35. The van der Waals surface area contributed by atoms with Crippen molar-refractivity contribution in [3.8, 4) is 11.5 Å². The first-order chi connectivity index (χ1) is 13.1. The molecule has 0 bridgehead atoms. The van der Waals surface area contributed by atoms with E-state index >= 15 is 0 Å². The van der Waals surface area contributed by atoms with E-state index in [1.807, 2.05) is 30.3 Å². The molecule has 0 atom stereocenters. The molecule has 0 saturated carbocycles. The molecule has 0 saturated heterocycles. The summed E-state index contributed by atoms with van der Waals surface area (Å²) in [7, 11) is 1.59. The highest BCUT2D eigenvalue weighted by molar-refractivity contribution is 9.10. The number of rotatable bonds is 7. The molecule has 0 heterocycles. The zero-order valence-corrected chi connectivity index (χ0v) is 16.8. The van der Waals surface area contributed by atoms with E-state index < -0.39 is 0 Å². The minimum absolute atomic E-state index is 0.127. The van der Waals surface area contributed by atoms with Crippen molar-refractivity contribution in [1.82, 2.24) is 0 Å². The Balaban J connectivity index is 1.75. The fraction of sp³-hybridized carbons (Fsp3) is 0.182. The summed E-state index contributed by atoms with van der Waals surface area (Å²) in [6.45, 7) is 2.84. The Morgan fingerprint density at radius 2 is 1.78 bits per heavy atom. The van der Waals surface area contributed by atoms with Crippen LogP contribution in [0.5, 0.6) is 11.5 Å². The van der Waals surface area contributed by atoms with Crippen LogP contribution in [0.15, 0.2) is 65.1 Å². The van der Waals surface area contributed by atoms with Gasteiger partial charge in [-0.2, -0.15) is 0 Å². The molecule has 5 heteroatoms. The zero-order chi connectivity index (χ0) is 19.2. The maximum atomic E-state index is 13.8. The van der Waals surface area contributed by atoms with Crippen LogP contribution in [0.4, 0.5) is 10.1 Å². The summed E-state index contributed by atoms with van der Waals surface area (Å²) < 4.78 is 25.9. The van der Waals surface area contributed by atoms with Crippen LogP contribution in [-0.2, 0) is 13.2 Å². The monoisotopic (exact) mass is 429 g/mol. The Morgan fingerprint density at radius 3 is 2.52 bits per heavy atom. The lowest BCUT2D eigenvalue weighted by atomic mass is 10.1. The third-order valence-electron chi connectivity index (χ3n) is 4.25. The molecule has 0 fully saturated rings. The maximum absolute atomic E-state index is 13.8. The smallest absolute Gasteiger partial charge is 0.175 e. The molecule has 3 aromatic carbocycles. The lowest BCUT2D eigenvalue weighted by Crippen LogP contribution is -2.04. The Kier molecular flexibility index (Phi) is 6.35. The molecule has 3 aromatic rings. The lowest BCUT2D eigenvalue weighted by Gasteiger charge is -2.16. The molecule has 27 heavy (non-hydrogen) atoms. The fourth-order valence-electron chi connectivity index (χ4n) is 2.75. The highest BCUT2D eigenvalue weighted by Gasteiger charge is 2.13. The van der Waals surface area contributed by atoms with Crippen molar-refractivity contribution in [2.24, 2.45) is 0 Å². The average molecular weight is 430 g/mol. The Morgan fingerprint density at radius 1 is 1.04 bits per heavy atom. The van der Waals surface area contributed by atoms with Crippen molar-refractivity contribution < 1.29 is 13.9 Å². The molecule has 0 radical (unpaired) electrons. The first kappa shape index (κ1) is 19.2. The van der Waals surface area contributed by atoms with Gasteiger partial charge in [0.2, 0.25) is 0 Å². The number of ether oxygens (including phenoxy) is 2. The number of hydrogen-bond acceptors (Lipinski definition) is 3. The molecule has 0 spiro atoms. The molecule has 1 N–H and O–H groups in total. The van der Waals surface area contributed by atoms with E-state index in [1.165, 1.54) is 11.6 Å². The van der Waals surface area contributed by atoms with Gasteiger partial charge in [0.15, 0.2) is 11.5 Å². The summed E-state index contributed by atoms with van der Waals surface area (Å²) in [5.74, 6) is 0.870. The quantitative estimate of drug-likeness (QED) is 0.492. The SMILES string of the molecule is COc1cc(CNc2ccccc2C)cc(Br)c1OCc1ccccc1F. The van der Waals surface area contributed by atoms with Crippen molar-refractivity contribution in [1.29, 1.82) is 0 Å². The molecule has 0 unspecified atom stereocenters. The van der Waals surface area contributed by atoms with Gasteiger partial charge in [-0.3, -0.25) is 0 Å². The minimum atomic E-state index is -0.286. The number of methoxy groups -OCH3 is 1. The first-order valence-corrected chi connectivity index (χ1v) is 9.40. The second-order valence-electron chi connectivity index (χ2n) is 6.16. The molecule has 3 rings (SSSR count). The average Bonchev–Trinajstić information content (AvgIpc) is 2.67. The van der Waals surface area contributed by atoms with Crippen molar-refractivity contribution in [3.05, 3.63) is 87.6 Å². The van der Waals surface area contributed by atoms with Crippen LogP contribution in [-0.4, -0.2) is 7.11 Å². The second kappa shape index (κ2) is 8.91. The van der Waals surface area contributed by atoms with E-state index in [1.54, 1.807) is 25.3 Å². The molecule has 3 nitrogen and oxygen atoms in total. The summed E-state index contributed by atoms with van der Waals surface area (Å²) >= 11 is 3.55. The van der Waals surface area contributed by atoms with Crippen molar-refractivity contribution >= 4 is 21.6 Å². The van der Waals surface area contributed by atoms with Gasteiger partial charge in [0.1, 0.15) is 12.4 Å². The van der Waals surface area contributed by atoms with Gasteiger partial charge in [0.25, 0.3) is 0 Å². The van der Waals surface area contributed by atoms with E-state index in [9.17, 15) is 4.39 Å². The first-order valence-electron chi connectivity index (χ1n) is 8.60. The number of aryl methyl sites for hydroxylation is 1. The predicted octanol–water partition coefficient (Wildman–Crippen LogP) is 6.10. The van der Waals surface area contributed by atoms with Crippen molar-refractivity contribution in [2.75, 3.05) is 12.4 Å². The van der Waals surface area contributed by atoms with Gasteiger partial charge in [0.05, 0.1) is 11.6 Å². The highest BCUT2D eigenvalue weighted by atomic mass is 79.9. The Labute approximate surface area is 167 Å². The molecule has 0 aromatic heterocycles. The Hall–Kier alpha value is -2.53. The van der Waals surface area contributed by atoms with Crippen LogP contribution < -0.4 is 14.8 Å². The van der Waals surface area contributed by atoms with Crippen LogP contribution >= 0.6 is 15.9 Å². The zero-order valence-electron chi connectivity index (χ0n) is 15.3. The van der Waals surface area contributed by atoms with Gasteiger partial charge in [0, 0.05) is 17.8 Å². The number of hydrogen-bond donors (Lipinski definition) is 1. The van der Waals surface area contributed by atoms with Crippen LogP contribution in [0.3, 0.4) is 0 Å². The van der Waals surface area contributed by atoms with Crippen LogP contribution in [0.25, 0.3) is 0 Å². The van der Waals surface area contributed by atoms with Crippen LogP contribution in [0.2, 0.25) is 0 Å². The molecule has 0 aliphatic heterocycles. The standard InChI is InChI=1S/C22H21BrFNO2/c1-15-7-3-6-10-20(15)25-13-16-11-18(23)22(21(12-16)26-2)27-14-17-8-4-5-9-19(17)24/h3-12,25H,13-14H2,1-2H3. The molecule has 0 aliphatic carbocycles. The maximum Gasteiger partial charge on any atom is 0.175 e. The molecular formula is C22H21BrFNO2. The second-order valence-corrected chi connectivity index (χ2v) is 7.01. The largest absolute Gasteiger partial charge is 0.493 e. The normalized spacial score (nSPS) is 10.5. The van der Waals surface area contributed by atoms with Crippen LogP contribution in [0, 0.1) is 12.7 Å². The van der Waals surface area contributed by atoms with Crippen LogP contribution in [0.1, 0.15) is 16.7 Å². The van der Waals surface area contributed by atoms with Gasteiger partial charge in [-0.1, -0.05) is 36.4 Å². The third-order valence-corrected chi connectivity index (χ3v) is 4.84. The van der Waals surface area contributed by atoms with Gasteiger partial charge >= 0.3 is 0 Å². The number of benzene rings is 3. The van der Waals surface area contributed by atoms with Gasteiger partial charge in [-0.05, 0) is 58.2 Å². The predicted molar refractivity (Wildman–Crippen MR) is 110 cm³/mol. The van der Waals surface area contributed by atoms with E-state index in [4.69, 9.17) is 9.47 Å². The van der Waals surface area contributed by atoms with Crippen molar-refractivity contribution in [2.45, 2.75) is 20.1 Å². The number of halogens is 2. The number of anilines is 1. The van der Waals surface area contributed by atoms with Gasteiger partial charge in [-0.25, -0.2) is 4.39 Å². The Bertz CT molecular complexity index is 930. The summed E-state index contributed by atoms with van der Waals surface area (Å²) in [4.78, 5) is 0. The minimum Gasteiger partial charge on any atom is -0.493 e. The lowest BCUT2D eigenvalue weighted by molar-refractivity contribution is 0.277. The molecular weight excluding hydrogens is 409 g/mol. The topological polar surface area (TPSA) is 30.5 Å². The highest BCUT2D eigenvalue weighted by Crippen LogP contribution is 2.37. The molecule has 140 valence electrons. The van der Waals surface area contributed by atoms with Gasteiger partial charge < -0.3 is 14.8 Å². The number of para-hydroxylation sites is 1. The van der Waals surface area contributed by atoms with E-state index in [-0.39, 0.29) is 12.4 Å². The summed E-state index contributed by atoms with van der Waals surface area (Å²) in [5.41, 5.74) is 3.82. The van der Waals surface area contributed by atoms with E-state index in [0.717, 1.165) is 15.7 Å². The van der Waals surface area contributed by atoms with Crippen molar-refractivity contribution in [3.63, 3.8) is 0 Å².